The van der Waals surface area contributed by atoms with Crippen LogP contribution in [0.2, 0.25) is 0 Å². The molecule has 0 heterocycles. The molecule has 0 aliphatic carbocycles. The molecule has 0 aromatic heterocycles. The van der Waals surface area contributed by atoms with Crippen molar-refractivity contribution in [2.24, 2.45) is 47.3 Å². The molecule has 0 radical (unpaired) electrons. The standard InChI is InChI=1S/C61H92O4/c1-35(2)18-48-26-44(27-49(58(48)62)19-36(3)4)28-56(46-31-52(22-39(9)10)60(64)53(32-46)23-40(11)12)57(47-33-54(24-41(13)14)61(65)55(34-47)25-42(15)16)43(17)45-29-50(20-37(5)6)59(63)51(30-45)21-38(7)8/h26-27,29-43,56-57,62-65H,18-25,28H2,1-17H3. The maximum Gasteiger partial charge on any atom is 0.121 e. The van der Waals surface area contributed by atoms with Gasteiger partial charge in [-0.3, -0.25) is 0 Å². The molecule has 4 heteroatoms. The van der Waals surface area contributed by atoms with Crippen molar-refractivity contribution in [3.05, 3.63) is 115 Å². The topological polar surface area (TPSA) is 80.9 Å². The van der Waals surface area contributed by atoms with Crippen molar-refractivity contribution in [1.82, 2.24) is 0 Å². The quantitative estimate of drug-likeness (QED) is 0.0598. The van der Waals surface area contributed by atoms with Crippen LogP contribution in [0.4, 0.5) is 0 Å². The fourth-order valence-corrected chi connectivity index (χ4v) is 10.5. The first-order valence-electron chi connectivity index (χ1n) is 25.7. The summed E-state index contributed by atoms with van der Waals surface area (Å²) in [5, 5.41) is 47.7. The van der Waals surface area contributed by atoms with E-state index in [0.717, 1.165) is 102 Å². The van der Waals surface area contributed by atoms with Crippen LogP contribution in [0, 0.1) is 47.3 Å². The van der Waals surface area contributed by atoms with Crippen LogP contribution < -0.4 is 0 Å². The number of hydrogen-bond donors (Lipinski definition) is 4. The molecule has 4 N–H and O–H groups in total. The molecule has 3 unspecified atom stereocenters. The number of rotatable bonds is 23. The Bertz CT molecular complexity index is 2020. The molecule has 0 aliphatic rings. The second kappa shape index (κ2) is 23.7. The van der Waals surface area contributed by atoms with Crippen molar-refractivity contribution in [2.75, 3.05) is 0 Å². The summed E-state index contributed by atoms with van der Waals surface area (Å²) in [6.45, 7) is 38.1. The van der Waals surface area contributed by atoms with Crippen LogP contribution in [-0.2, 0) is 57.8 Å². The average Bonchev–Trinajstić information content (AvgIpc) is 3.16. The SMILES string of the molecule is CC(C)Cc1cc(CC(c2cc(CC(C)C)c(O)c(CC(C)C)c2)C(c2cc(CC(C)C)c(O)c(CC(C)C)c2)C(C)c2cc(CC(C)C)c(O)c(CC(C)C)c2)cc(CC(C)C)c1O. The summed E-state index contributed by atoms with van der Waals surface area (Å²) in [5.74, 6) is 4.57. The fourth-order valence-electron chi connectivity index (χ4n) is 10.5. The van der Waals surface area contributed by atoms with Crippen LogP contribution in [-0.4, -0.2) is 20.4 Å². The first kappa shape index (κ1) is 53.7. The molecule has 0 spiro atoms. The number of aromatic hydroxyl groups is 4. The Morgan fingerprint density at radius 2 is 0.492 bits per heavy atom. The van der Waals surface area contributed by atoms with Crippen LogP contribution in [0.15, 0.2) is 48.5 Å². The summed E-state index contributed by atoms with van der Waals surface area (Å²) in [7, 11) is 0. The van der Waals surface area contributed by atoms with Gasteiger partial charge in [-0.1, -0.05) is 166 Å². The van der Waals surface area contributed by atoms with Crippen molar-refractivity contribution in [1.29, 1.82) is 0 Å². The van der Waals surface area contributed by atoms with Crippen molar-refractivity contribution in [3.63, 3.8) is 0 Å². The highest BCUT2D eigenvalue weighted by atomic mass is 16.3. The highest BCUT2D eigenvalue weighted by Gasteiger charge is 2.35. The maximum absolute atomic E-state index is 12.0. The number of phenols is 4. The molecule has 0 saturated heterocycles. The van der Waals surface area contributed by atoms with Gasteiger partial charge in [-0.15, -0.1) is 0 Å². The van der Waals surface area contributed by atoms with Crippen LogP contribution in [0.5, 0.6) is 23.0 Å². The lowest BCUT2D eigenvalue weighted by molar-refractivity contribution is 0.435. The molecule has 4 nitrogen and oxygen atoms in total. The third kappa shape index (κ3) is 15.0. The first-order chi connectivity index (χ1) is 30.3. The minimum atomic E-state index is -0.0602. The number of hydrogen-bond acceptors (Lipinski definition) is 4. The average molecular weight is 889 g/mol. The van der Waals surface area contributed by atoms with Gasteiger partial charge >= 0.3 is 0 Å². The summed E-state index contributed by atoms with van der Waals surface area (Å²) in [4.78, 5) is 0. The summed E-state index contributed by atoms with van der Waals surface area (Å²) < 4.78 is 0. The van der Waals surface area contributed by atoms with Crippen LogP contribution in [0.25, 0.3) is 0 Å². The third-order valence-corrected chi connectivity index (χ3v) is 13.0. The third-order valence-electron chi connectivity index (χ3n) is 13.0. The van der Waals surface area contributed by atoms with Gasteiger partial charge < -0.3 is 20.4 Å². The zero-order valence-electron chi connectivity index (χ0n) is 44.1. The van der Waals surface area contributed by atoms with E-state index in [-0.39, 0.29) is 17.8 Å². The Morgan fingerprint density at radius 3 is 0.738 bits per heavy atom. The maximum atomic E-state index is 12.0. The van der Waals surface area contributed by atoms with E-state index in [9.17, 15) is 20.4 Å². The van der Waals surface area contributed by atoms with E-state index in [4.69, 9.17) is 0 Å². The highest BCUT2D eigenvalue weighted by Crippen LogP contribution is 2.50. The molecule has 0 fully saturated rings. The molecule has 0 amide bonds. The van der Waals surface area contributed by atoms with Crippen molar-refractivity contribution < 1.29 is 20.4 Å². The summed E-state index contributed by atoms with van der Waals surface area (Å²) >= 11 is 0. The van der Waals surface area contributed by atoms with Crippen molar-refractivity contribution >= 4 is 0 Å². The van der Waals surface area contributed by atoms with E-state index in [2.05, 4.69) is 166 Å². The zero-order valence-corrected chi connectivity index (χ0v) is 44.1. The monoisotopic (exact) mass is 889 g/mol. The summed E-state index contributed by atoms with van der Waals surface area (Å²) in [6, 6.07) is 18.5. The van der Waals surface area contributed by atoms with Crippen molar-refractivity contribution in [2.45, 2.75) is 193 Å². The molecule has 0 saturated carbocycles. The van der Waals surface area contributed by atoms with Gasteiger partial charge in [0, 0.05) is 0 Å². The Morgan fingerprint density at radius 1 is 0.277 bits per heavy atom. The zero-order chi connectivity index (χ0) is 48.6. The van der Waals surface area contributed by atoms with E-state index in [1.165, 1.54) is 22.3 Å². The lowest BCUT2D eigenvalue weighted by atomic mass is 9.68. The molecule has 4 aromatic rings. The van der Waals surface area contributed by atoms with Gasteiger partial charge in [-0.25, -0.2) is 0 Å². The highest BCUT2D eigenvalue weighted by molar-refractivity contribution is 5.53. The largest absolute Gasteiger partial charge is 0.507 e. The van der Waals surface area contributed by atoms with Gasteiger partial charge in [0.2, 0.25) is 0 Å². The van der Waals surface area contributed by atoms with Crippen LogP contribution >= 0.6 is 0 Å². The fraction of sp³-hybridized carbons (Fsp3) is 0.607. The smallest absolute Gasteiger partial charge is 0.121 e. The summed E-state index contributed by atoms with van der Waals surface area (Å²) in [6.07, 6.45) is 7.02. The normalized spacial score (nSPS) is 13.8. The first-order valence-corrected chi connectivity index (χ1v) is 25.7. The van der Waals surface area contributed by atoms with E-state index in [0.29, 0.717) is 70.3 Å². The molecular weight excluding hydrogens is 797 g/mol. The molecule has 0 bridgehead atoms. The minimum absolute atomic E-state index is 0.000878. The van der Waals surface area contributed by atoms with Gasteiger partial charge in [-0.2, -0.15) is 0 Å². The van der Waals surface area contributed by atoms with Gasteiger partial charge in [-0.05, 0) is 190 Å². The Hall–Kier alpha value is -3.92. The Kier molecular flexibility index (Phi) is 19.6. The lowest BCUT2D eigenvalue weighted by Crippen LogP contribution is -2.22. The minimum Gasteiger partial charge on any atom is -0.507 e. The van der Waals surface area contributed by atoms with Gasteiger partial charge in [0.15, 0.2) is 0 Å². The Balaban J connectivity index is 2.26. The van der Waals surface area contributed by atoms with Gasteiger partial charge in [0.1, 0.15) is 23.0 Å². The van der Waals surface area contributed by atoms with Crippen molar-refractivity contribution in [3.8, 4) is 23.0 Å². The molecule has 360 valence electrons. The molecule has 3 atom stereocenters. The molecule has 4 rings (SSSR count). The number of benzene rings is 4. The molecule has 0 aliphatic heterocycles. The molecular formula is C61H92O4. The van der Waals surface area contributed by atoms with Crippen LogP contribution in [0.3, 0.4) is 0 Å². The second-order valence-corrected chi connectivity index (χ2v) is 23.7. The van der Waals surface area contributed by atoms with Crippen LogP contribution in [0.1, 0.15) is 202 Å². The predicted octanol–water partition coefficient (Wildman–Crippen LogP) is 16.0. The van der Waals surface area contributed by atoms with E-state index < -0.39 is 0 Å². The van der Waals surface area contributed by atoms with E-state index in [1.54, 1.807) is 0 Å². The second-order valence-electron chi connectivity index (χ2n) is 23.7. The Labute approximate surface area is 397 Å². The van der Waals surface area contributed by atoms with E-state index >= 15 is 0 Å². The lowest BCUT2D eigenvalue weighted by Gasteiger charge is -2.36. The van der Waals surface area contributed by atoms with Gasteiger partial charge in [0.25, 0.3) is 0 Å². The molecule has 4 aromatic carbocycles. The predicted molar refractivity (Wildman–Crippen MR) is 278 cm³/mol. The molecule has 65 heavy (non-hydrogen) atoms. The van der Waals surface area contributed by atoms with Gasteiger partial charge in [0.05, 0.1) is 0 Å². The number of phenolic OH excluding ortho intramolecular Hbond substituents is 4. The summed E-state index contributed by atoms with van der Waals surface area (Å²) in [5.41, 5.74) is 13.0. The van der Waals surface area contributed by atoms with E-state index in [1.807, 2.05) is 0 Å².